The van der Waals surface area contributed by atoms with Gasteiger partial charge in [-0.05, 0) is 32.1 Å². The Labute approximate surface area is 169 Å². The first-order valence-corrected chi connectivity index (χ1v) is 10.2. The molecule has 0 aliphatic heterocycles. The van der Waals surface area contributed by atoms with Gasteiger partial charge in [-0.3, -0.25) is 9.59 Å². The van der Waals surface area contributed by atoms with Crippen molar-refractivity contribution in [2.45, 2.75) is 20.8 Å². The number of aromatic nitrogens is 1. The number of hydrogen-bond donors (Lipinski definition) is 1. The quantitative estimate of drug-likeness (QED) is 0.689. The molecule has 27 heavy (non-hydrogen) atoms. The minimum Gasteiger partial charge on any atom is -0.328 e. The third-order valence-electron chi connectivity index (χ3n) is 4.17. The molecule has 2 aromatic rings. The van der Waals surface area contributed by atoms with E-state index in [1.807, 2.05) is 12.3 Å². The lowest BCUT2D eigenvalue weighted by Gasteiger charge is -2.26. The summed E-state index contributed by atoms with van der Waals surface area (Å²) in [5.74, 6) is -0.525. The lowest BCUT2D eigenvalue weighted by atomic mass is 10.2. The van der Waals surface area contributed by atoms with Gasteiger partial charge in [0.2, 0.25) is 5.91 Å². The highest BCUT2D eigenvalue weighted by Crippen LogP contribution is 2.18. The van der Waals surface area contributed by atoms with E-state index in [0.717, 1.165) is 18.8 Å². The number of halogens is 1. The molecule has 6 nitrogen and oxygen atoms in total. The molecule has 1 aromatic carbocycles. The zero-order valence-corrected chi connectivity index (χ0v) is 17.4. The summed E-state index contributed by atoms with van der Waals surface area (Å²) < 4.78 is 0. The number of thiazole rings is 1. The highest BCUT2D eigenvalue weighted by molar-refractivity contribution is 7.13. The summed E-state index contributed by atoms with van der Waals surface area (Å²) in [5, 5.41) is 5.54. The molecule has 1 N–H and O–H groups in total. The lowest BCUT2D eigenvalue weighted by molar-refractivity contribution is -0.116. The van der Waals surface area contributed by atoms with Crippen LogP contribution in [0.15, 0.2) is 29.6 Å². The number of hydrogen-bond acceptors (Lipinski definition) is 5. The van der Waals surface area contributed by atoms with Crippen molar-refractivity contribution in [3.63, 3.8) is 0 Å². The molecule has 0 atom stereocenters. The average Bonchev–Trinajstić information content (AvgIpc) is 3.06. The molecule has 8 heteroatoms. The molecule has 0 bridgehead atoms. The van der Waals surface area contributed by atoms with Crippen LogP contribution in [0.5, 0.6) is 0 Å². The summed E-state index contributed by atoms with van der Waals surface area (Å²) in [6, 6.07) is 6.89. The number of anilines is 1. The predicted octanol–water partition coefficient (Wildman–Crippen LogP) is 3.53. The average molecular weight is 409 g/mol. The number of nitrogens with zero attached hydrogens (tertiary/aromatic N) is 3. The van der Waals surface area contributed by atoms with Gasteiger partial charge in [-0.1, -0.05) is 37.6 Å². The Kier molecular flexibility index (Phi) is 8.22. The number of nitrogens with one attached hydrogen (secondary N) is 1. The van der Waals surface area contributed by atoms with Crippen molar-refractivity contribution < 1.29 is 9.59 Å². The van der Waals surface area contributed by atoms with Crippen LogP contribution in [-0.4, -0.2) is 59.3 Å². The van der Waals surface area contributed by atoms with Gasteiger partial charge in [0, 0.05) is 18.5 Å². The molecule has 0 saturated carbocycles. The van der Waals surface area contributed by atoms with E-state index in [4.69, 9.17) is 11.6 Å². The second kappa shape index (κ2) is 10.4. The maximum atomic E-state index is 13.0. The summed E-state index contributed by atoms with van der Waals surface area (Å²) >= 11 is 7.54. The van der Waals surface area contributed by atoms with Gasteiger partial charge in [0.25, 0.3) is 5.91 Å². The third-order valence-corrected chi connectivity index (χ3v) is 5.38. The van der Waals surface area contributed by atoms with Crippen molar-refractivity contribution >= 4 is 39.9 Å². The molecule has 0 radical (unpaired) electrons. The minimum atomic E-state index is -0.274. The van der Waals surface area contributed by atoms with E-state index in [1.54, 1.807) is 24.3 Å². The summed E-state index contributed by atoms with van der Waals surface area (Å²) in [6.07, 6.45) is 0. The smallest absolute Gasteiger partial charge is 0.255 e. The van der Waals surface area contributed by atoms with Crippen LogP contribution < -0.4 is 5.32 Å². The fraction of sp³-hybridized carbons (Fsp3) is 0.421. The third kappa shape index (κ3) is 6.30. The lowest BCUT2D eigenvalue weighted by Crippen LogP contribution is -2.42. The van der Waals surface area contributed by atoms with E-state index in [1.165, 1.54) is 16.2 Å². The molecule has 0 fully saturated rings. The number of rotatable bonds is 9. The molecular formula is C19H25ClN4O2S. The number of likely N-dealkylation sites (N-methyl/N-ethyl adjacent to an activating group) is 1. The highest BCUT2D eigenvalue weighted by Gasteiger charge is 2.21. The van der Waals surface area contributed by atoms with Crippen molar-refractivity contribution in [3.8, 4) is 0 Å². The van der Waals surface area contributed by atoms with E-state index >= 15 is 0 Å². The first kappa shape index (κ1) is 21.3. The Morgan fingerprint density at radius 1 is 1.19 bits per heavy atom. The molecule has 2 rings (SSSR count). The summed E-state index contributed by atoms with van der Waals surface area (Å²) in [4.78, 5) is 33.4. The molecular weight excluding hydrogens is 384 g/mol. The number of benzene rings is 1. The topological polar surface area (TPSA) is 65.5 Å². The summed E-state index contributed by atoms with van der Waals surface area (Å²) in [7, 11) is 0. The second-order valence-electron chi connectivity index (χ2n) is 6.08. The van der Waals surface area contributed by atoms with Crippen molar-refractivity contribution in [3.05, 3.63) is 45.9 Å². The van der Waals surface area contributed by atoms with E-state index in [9.17, 15) is 9.59 Å². The normalized spacial score (nSPS) is 10.9. The van der Waals surface area contributed by atoms with Crippen molar-refractivity contribution in [1.82, 2.24) is 14.8 Å². The van der Waals surface area contributed by atoms with Crippen LogP contribution in [0.3, 0.4) is 0 Å². The maximum Gasteiger partial charge on any atom is 0.255 e. The van der Waals surface area contributed by atoms with E-state index in [2.05, 4.69) is 29.0 Å². The van der Waals surface area contributed by atoms with Crippen molar-refractivity contribution in [1.29, 1.82) is 0 Å². The number of amides is 2. The van der Waals surface area contributed by atoms with Crippen LogP contribution in [0.1, 0.15) is 29.9 Å². The summed E-state index contributed by atoms with van der Waals surface area (Å²) in [6.45, 7) is 8.85. The predicted molar refractivity (Wildman–Crippen MR) is 111 cm³/mol. The number of carbonyl (C=O) groups excluding carboxylic acids is 2. The Bertz CT molecular complexity index is 777. The number of aryl methyl sites for hydroxylation is 1. The van der Waals surface area contributed by atoms with E-state index < -0.39 is 0 Å². The molecule has 1 aromatic heterocycles. The standard InChI is InChI=1S/C19H25ClN4O2S/c1-4-23(5-2)10-11-24(18(26)15-8-6-7-9-16(15)20)12-17(25)22-19-21-14(3)13-27-19/h6-9,13H,4-5,10-12H2,1-3H3,(H,21,22,25). The zero-order chi connectivity index (χ0) is 19.8. The van der Waals surface area contributed by atoms with Gasteiger partial charge in [0.05, 0.1) is 16.3 Å². The van der Waals surface area contributed by atoms with Crippen LogP contribution in [0.25, 0.3) is 0 Å². The molecule has 146 valence electrons. The molecule has 0 aliphatic rings. The summed E-state index contributed by atoms with van der Waals surface area (Å²) in [5.41, 5.74) is 1.25. The monoisotopic (exact) mass is 408 g/mol. The second-order valence-corrected chi connectivity index (χ2v) is 7.34. The molecule has 0 spiro atoms. The van der Waals surface area contributed by atoms with Gasteiger partial charge >= 0.3 is 0 Å². The molecule has 0 saturated heterocycles. The van der Waals surface area contributed by atoms with Crippen LogP contribution in [-0.2, 0) is 4.79 Å². The fourth-order valence-electron chi connectivity index (χ4n) is 2.60. The first-order chi connectivity index (χ1) is 12.9. The maximum absolute atomic E-state index is 13.0. The zero-order valence-electron chi connectivity index (χ0n) is 15.9. The van der Waals surface area contributed by atoms with Crippen LogP contribution in [0.2, 0.25) is 5.02 Å². The molecule has 0 unspecified atom stereocenters. The number of carbonyl (C=O) groups is 2. The molecule has 2 amide bonds. The molecule has 1 heterocycles. The van der Waals surface area contributed by atoms with Crippen LogP contribution in [0.4, 0.5) is 5.13 Å². The Balaban J connectivity index is 2.11. The van der Waals surface area contributed by atoms with E-state index in [-0.39, 0.29) is 18.4 Å². The van der Waals surface area contributed by atoms with Gasteiger partial charge < -0.3 is 15.1 Å². The van der Waals surface area contributed by atoms with Gasteiger partial charge in [-0.25, -0.2) is 4.98 Å². The van der Waals surface area contributed by atoms with Gasteiger partial charge in [0.15, 0.2) is 5.13 Å². The van der Waals surface area contributed by atoms with Crippen molar-refractivity contribution in [2.24, 2.45) is 0 Å². The Morgan fingerprint density at radius 3 is 2.48 bits per heavy atom. The minimum absolute atomic E-state index is 0.0516. The van der Waals surface area contributed by atoms with Crippen LogP contribution >= 0.6 is 22.9 Å². The van der Waals surface area contributed by atoms with Crippen LogP contribution in [0, 0.1) is 6.92 Å². The largest absolute Gasteiger partial charge is 0.328 e. The Morgan fingerprint density at radius 2 is 1.89 bits per heavy atom. The first-order valence-electron chi connectivity index (χ1n) is 8.92. The fourth-order valence-corrected chi connectivity index (χ4v) is 3.52. The van der Waals surface area contributed by atoms with E-state index in [0.29, 0.717) is 28.8 Å². The van der Waals surface area contributed by atoms with Gasteiger partial charge in [-0.2, -0.15) is 0 Å². The molecule has 0 aliphatic carbocycles. The SMILES string of the molecule is CCN(CC)CCN(CC(=O)Nc1nc(C)cs1)C(=O)c1ccccc1Cl. The van der Waals surface area contributed by atoms with Gasteiger partial charge in [-0.15, -0.1) is 11.3 Å². The highest BCUT2D eigenvalue weighted by atomic mass is 35.5. The van der Waals surface area contributed by atoms with Crippen molar-refractivity contribution in [2.75, 3.05) is 38.0 Å². The Hall–Kier alpha value is -1.96. The van der Waals surface area contributed by atoms with Gasteiger partial charge in [0.1, 0.15) is 6.54 Å².